The van der Waals surface area contributed by atoms with Gasteiger partial charge in [0.1, 0.15) is 5.78 Å². The van der Waals surface area contributed by atoms with E-state index in [1.54, 1.807) is 6.92 Å². The molecule has 1 unspecified atom stereocenters. The Kier molecular flexibility index (Phi) is 3.88. The quantitative estimate of drug-likeness (QED) is 0.881. The summed E-state index contributed by atoms with van der Waals surface area (Å²) in [6, 6.07) is 8.45. The van der Waals surface area contributed by atoms with Gasteiger partial charge in [-0.05, 0) is 25.0 Å². The van der Waals surface area contributed by atoms with Gasteiger partial charge in [-0.15, -0.1) is 0 Å². The molecule has 1 aromatic carbocycles. The Morgan fingerprint density at radius 3 is 3.04 bits per heavy atom. The van der Waals surface area contributed by atoms with E-state index in [-0.39, 0.29) is 30.1 Å². The Bertz CT molecular complexity index is 795. The Hall–Kier alpha value is -2.14. The minimum atomic E-state index is -0.266. The first kappa shape index (κ1) is 15.4. The molecule has 0 radical (unpaired) electrons. The largest absolute Gasteiger partial charge is 0.466 e. The third-order valence-electron chi connectivity index (χ3n) is 5.29. The molecule has 2 aliphatic rings. The molecule has 5 heteroatoms. The summed E-state index contributed by atoms with van der Waals surface area (Å²) in [5.74, 6) is -0.320. The molecule has 5 nitrogen and oxygen atoms in total. The average molecular weight is 326 g/mol. The van der Waals surface area contributed by atoms with Crippen LogP contribution in [0.3, 0.4) is 0 Å². The molecule has 2 aromatic rings. The lowest BCUT2D eigenvalue weighted by Gasteiger charge is -2.41. The highest BCUT2D eigenvalue weighted by atomic mass is 16.5. The number of carbonyl (C=O) groups excluding carboxylic acids is 2. The number of para-hydroxylation sites is 1. The predicted octanol–water partition coefficient (Wildman–Crippen LogP) is 2.61. The lowest BCUT2D eigenvalue weighted by Crippen LogP contribution is -2.46. The zero-order valence-electron chi connectivity index (χ0n) is 13.9. The van der Waals surface area contributed by atoms with E-state index in [9.17, 15) is 9.59 Å². The molecule has 0 aliphatic carbocycles. The van der Waals surface area contributed by atoms with Crippen molar-refractivity contribution < 1.29 is 14.3 Å². The maximum Gasteiger partial charge on any atom is 0.306 e. The molecule has 0 saturated carbocycles. The first-order chi connectivity index (χ1) is 11.7. The van der Waals surface area contributed by atoms with Crippen molar-refractivity contribution in [1.29, 1.82) is 0 Å². The van der Waals surface area contributed by atoms with Crippen molar-refractivity contribution in [3.63, 3.8) is 0 Å². The molecule has 0 bridgehead atoms. The molecule has 1 saturated heterocycles. The Balaban J connectivity index is 1.58. The number of nitrogens with one attached hydrogen (secondary N) is 1. The molecule has 0 amide bonds. The standard InChI is InChI=1S/C19H22N2O3/c1-2-24-18(23)9-12-11-21-8-7-14-13-5-3-4-6-15(13)20-19(14)16(21)10-17(12)22/h3-6,12,16,20H,2,7-11H2,1H3/t12-,16?/m0/s1. The molecule has 2 aliphatic heterocycles. The summed E-state index contributed by atoms with van der Waals surface area (Å²) in [5.41, 5.74) is 3.68. The van der Waals surface area contributed by atoms with Gasteiger partial charge in [0.15, 0.2) is 0 Å². The highest BCUT2D eigenvalue weighted by Crippen LogP contribution is 2.40. The summed E-state index contributed by atoms with van der Waals surface area (Å²) in [6.07, 6.45) is 1.66. The average Bonchev–Trinajstić information content (AvgIpc) is 2.95. The number of aromatic amines is 1. The van der Waals surface area contributed by atoms with Crippen LogP contribution in [0, 0.1) is 5.92 Å². The number of rotatable bonds is 3. The molecule has 3 heterocycles. The number of piperidine rings is 1. The topological polar surface area (TPSA) is 62.4 Å². The molecule has 4 rings (SSSR count). The van der Waals surface area contributed by atoms with Crippen LogP contribution >= 0.6 is 0 Å². The number of carbonyl (C=O) groups is 2. The third-order valence-corrected chi connectivity index (χ3v) is 5.29. The number of hydrogen-bond donors (Lipinski definition) is 1. The van der Waals surface area contributed by atoms with Crippen molar-refractivity contribution in [2.75, 3.05) is 19.7 Å². The van der Waals surface area contributed by atoms with Gasteiger partial charge >= 0.3 is 5.97 Å². The first-order valence-electron chi connectivity index (χ1n) is 8.69. The summed E-state index contributed by atoms with van der Waals surface area (Å²) >= 11 is 0. The van der Waals surface area contributed by atoms with Gasteiger partial charge in [0.05, 0.1) is 19.1 Å². The Morgan fingerprint density at radius 2 is 2.21 bits per heavy atom. The van der Waals surface area contributed by atoms with Gasteiger partial charge in [0, 0.05) is 42.0 Å². The molecule has 2 atom stereocenters. The van der Waals surface area contributed by atoms with Gasteiger partial charge in [0.25, 0.3) is 0 Å². The van der Waals surface area contributed by atoms with Crippen molar-refractivity contribution in [2.24, 2.45) is 5.92 Å². The number of benzene rings is 1. The lowest BCUT2D eigenvalue weighted by molar-refractivity contribution is -0.147. The van der Waals surface area contributed by atoms with Crippen LogP contribution in [0.15, 0.2) is 24.3 Å². The van der Waals surface area contributed by atoms with E-state index in [1.165, 1.54) is 16.6 Å². The summed E-state index contributed by atoms with van der Waals surface area (Å²) in [5, 5.41) is 1.27. The monoisotopic (exact) mass is 326 g/mol. The van der Waals surface area contributed by atoms with Crippen LogP contribution in [-0.4, -0.2) is 41.3 Å². The summed E-state index contributed by atoms with van der Waals surface area (Å²) in [4.78, 5) is 30.2. The number of hydrogen-bond acceptors (Lipinski definition) is 4. The second-order valence-electron chi connectivity index (χ2n) is 6.70. The first-order valence-corrected chi connectivity index (χ1v) is 8.69. The zero-order chi connectivity index (χ0) is 16.7. The van der Waals surface area contributed by atoms with Crippen molar-refractivity contribution in [2.45, 2.75) is 32.2 Å². The molecular formula is C19H22N2O3. The fraction of sp³-hybridized carbons (Fsp3) is 0.474. The van der Waals surface area contributed by atoms with Crippen molar-refractivity contribution in [1.82, 2.24) is 9.88 Å². The number of nitrogens with zero attached hydrogens (tertiary/aromatic N) is 1. The van der Waals surface area contributed by atoms with Gasteiger partial charge in [-0.3, -0.25) is 14.5 Å². The van der Waals surface area contributed by atoms with Gasteiger partial charge in [0.2, 0.25) is 0 Å². The van der Waals surface area contributed by atoms with Crippen molar-refractivity contribution >= 4 is 22.7 Å². The van der Waals surface area contributed by atoms with Crippen LogP contribution < -0.4 is 0 Å². The second kappa shape index (κ2) is 6.06. The number of aromatic nitrogens is 1. The van der Waals surface area contributed by atoms with E-state index in [0.717, 1.165) is 18.5 Å². The fourth-order valence-electron chi connectivity index (χ4n) is 4.16. The highest BCUT2D eigenvalue weighted by Gasteiger charge is 2.40. The molecule has 1 N–H and O–H groups in total. The smallest absolute Gasteiger partial charge is 0.306 e. The number of ketones is 1. The van der Waals surface area contributed by atoms with Crippen LogP contribution in [0.1, 0.15) is 37.1 Å². The zero-order valence-corrected chi connectivity index (χ0v) is 13.9. The molecule has 1 fully saturated rings. The van der Waals surface area contributed by atoms with Crippen LogP contribution in [0.4, 0.5) is 0 Å². The minimum absolute atomic E-state index is 0.118. The van der Waals surface area contributed by atoms with Gasteiger partial charge in [-0.2, -0.15) is 0 Å². The molecule has 0 spiro atoms. The number of H-pyrrole nitrogens is 1. The number of Topliss-reactive ketones (excluding diaryl/α,β-unsaturated/α-hetero) is 1. The summed E-state index contributed by atoms with van der Waals surface area (Å²) in [6.45, 7) is 3.74. The molecule has 1 aromatic heterocycles. The molecular weight excluding hydrogens is 304 g/mol. The Labute approximate surface area is 141 Å². The summed E-state index contributed by atoms with van der Waals surface area (Å²) < 4.78 is 5.01. The van der Waals surface area contributed by atoms with E-state index < -0.39 is 0 Å². The maximum atomic E-state index is 12.6. The number of ether oxygens (including phenoxy) is 1. The van der Waals surface area contributed by atoms with Crippen LogP contribution in [0.25, 0.3) is 10.9 Å². The van der Waals surface area contributed by atoms with E-state index >= 15 is 0 Å². The third kappa shape index (κ3) is 2.53. The van der Waals surface area contributed by atoms with Crippen LogP contribution in [0.2, 0.25) is 0 Å². The van der Waals surface area contributed by atoms with E-state index in [1.807, 2.05) is 6.07 Å². The van der Waals surface area contributed by atoms with Crippen LogP contribution in [-0.2, 0) is 20.7 Å². The second-order valence-corrected chi connectivity index (χ2v) is 6.70. The number of esters is 1. The van der Waals surface area contributed by atoms with E-state index in [2.05, 4.69) is 28.1 Å². The normalized spacial score (nSPS) is 23.8. The molecule has 24 heavy (non-hydrogen) atoms. The number of fused-ring (bicyclic) bond motifs is 5. The Morgan fingerprint density at radius 1 is 1.38 bits per heavy atom. The van der Waals surface area contributed by atoms with Gasteiger partial charge in [-0.25, -0.2) is 0 Å². The van der Waals surface area contributed by atoms with Crippen molar-refractivity contribution in [3.8, 4) is 0 Å². The van der Waals surface area contributed by atoms with E-state index in [4.69, 9.17) is 4.74 Å². The van der Waals surface area contributed by atoms with Gasteiger partial charge < -0.3 is 9.72 Å². The van der Waals surface area contributed by atoms with Crippen molar-refractivity contribution in [3.05, 3.63) is 35.5 Å². The van der Waals surface area contributed by atoms with Gasteiger partial charge in [-0.1, -0.05) is 18.2 Å². The van der Waals surface area contributed by atoms with E-state index in [0.29, 0.717) is 19.6 Å². The highest BCUT2D eigenvalue weighted by molar-refractivity contribution is 5.88. The SMILES string of the molecule is CCOC(=O)C[C@H]1CN2CCc3c([nH]c4ccccc34)C2CC1=O. The maximum absolute atomic E-state index is 12.6. The minimum Gasteiger partial charge on any atom is -0.466 e. The fourth-order valence-corrected chi connectivity index (χ4v) is 4.16. The predicted molar refractivity (Wildman–Crippen MR) is 90.7 cm³/mol. The summed E-state index contributed by atoms with van der Waals surface area (Å²) in [7, 11) is 0. The lowest BCUT2D eigenvalue weighted by atomic mass is 9.84. The molecule has 126 valence electrons. The van der Waals surface area contributed by atoms with Crippen LogP contribution in [0.5, 0.6) is 0 Å².